The van der Waals surface area contributed by atoms with E-state index in [1.165, 1.54) is 17.4 Å². The Balaban J connectivity index is 1.90. The highest BCUT2D eigenvalue weighted by atomic mass is 32.2. The molecule has 1 N–H and O–H groups in total. The van der Waals surface area contributed by atoms with E-state index in [1.54, 1.807) is 22.8 Å². The summed E-state index contributed by atoms with van der Waals surface area (Å²) in [6.07, 6.45) is 1.49. The summed E-state index contributed by atoms with van der Waals surface area (Å²) in [5.41, 5.74) is 0.952. The molecule has 1 fully saturated rings. The molecule has 0 bridgehead atoms. The highest BCUT2D eigenvalue weighted by Gasteiger charge is 2.28. The molecule has 1 aliphatic rings. The van der Waals surface area contributed by atoms with E-state index in [9.17, 15) is 18.0 Å². The maximum absolute atomic E-state index is 13.3. The van der Waals surface area contributed by atoms with Gasteiger partial charge in [0.05, 0.1) is 35.9 Å². The molecule has 3 heterocycles. The first kappa shape index (κ1) is 24.2. The zero-order valence-electron chi connectivity index (χ0n) is 19.7. The van der Waals surface area contributed by atoms with Gasteiger partial charge in [-0.05, 0) is 37.1 Å². The molecular formula is C23H30N4O6S. The summed E-state index contributed by atoms with van der Waals surface area (Å²) in [4.78, 5) is 28.8. The van der Waals surface area contributed by atoms with Crippen LogP contribution in [0, 0.1) is 0 Å². The smallest absolute Gasteiger partial charge is 0.331 e. The van der Waals surface area contributed by atoms with Crippen molar-refractivity contribution in [1.29, 1.82) is 0 Å². The van der Waals surface area contributed by atoms with Crippen LogP contribution in [0.2, 0.25) is 0 Å². The number of H-pyrrole nitrogens is 1. The molecule has 11 heteroatoms. The monoisotopic (exact) mass is 490 g/mol. The van der Waals surface area contributed by atoms with Crippen LogP contribution < -0.4 is 16.0 Å². The molecule has 0 spiro atoms. The molecule has 10 nitrogen and oxygen atoms in total. The van der Waals surface area contributed by atoms with E-state index >= 15 is 0 Å². The number of nitrogens with zero attached hydrogens (tertiary/aromatic N) is 3. The molecule has 0 amide bonds. The SMILES string of the molecule is CCCOc1ccc(S(=O)(=O)N2CCOCC2)cc1-c1cc2c([nH]1)c(=O)n(C)c(=O)n2CCC. The van der Waals surface area contributed by atoms with Crippen molar-refractivity contribution < 1.29 is 17.9 Å². The van der Waals surface area contributed by atoms with Crippen molar-refractivity contribution >= 4 is 21.1 Å². The molecule has 0 unspecified atom stereocenters. The predicted molar refractivity (Wildman–Crippen MR) is 129 cm³/mol. The third kappa shape index (κ3) is 4.30. The van der Waals surface area contributed by atoms with Crippen molar-refractivity contribution in [2.45, 2.75) is 38.1 Å². The van der Waals surface area contributed by atoms with Crippen molar-refractivity contribution in [2.24, 2.45) is 7.05 Å². The second-order valence-electron chi connectivity index (χ2n) is 8.26. The van der Waals surface area contributed by atoms with Crippen molar-refractivity contribution in [1.82, 2.24) is 18.4 Å². The van der Waals surface area contributed by atoms with E-state index in [0.29, 0.717) is 55.3 Å². The Kier molecular flexibility index (Phi) is 6.96. The van der Waals surface area contributed by atoms with Crippen LogP contribution in [0.25, 0.3) is 22.3 Å². The van der Waals surface area contributed by atoms with Crippen molar-refractivity contribution in [2.75, 3.05) is 32.9 Å². The summed E-state index contributed by atoms with van der Waals surface area (Å²) in [7, 11) is -2.29. The van der Waals surface area contributed by atoms with Gasteiger partial charge < -0.3 is 14.5 Å². The van der Waals surface area contributed by atoms with E-state index in [0.717, 1.165) is 11.0 Å². The van der Waals surface area contributed by atoms with Crippen molar-refractivity contribution in [3.05, 3.63) is 45.1 Å². The van der Waals surface area contributed by atoms with Crippen LogP contribution in [-0.4, -0.2) is 59.8 Å². The normalized spacial score (nSPS) is 15.1. The zero-order valence-corrected chi connectivity index (χ0v) is 20.5. The predicted octanol–water partition coefficient (Wildman–Crippen LogP) is 1.91. The third-order valence-electron chi connectivity index (χ3n) is 5.88. The number of nitrogens with one attached hydrogen (secondary N) is 1. The number of aromatic amines is 1. The lowest BCUT2D eigenvalue weighted by Crippen LogP contribution is -2.40. The first-order chi connectivity index (χ1) is 16.3. The maximum Gasteiger partial charge on any atom is 0.331 e. The summed E-state index contributed by atoms with van der Waals surface area (Å²) in [5.74, 6) is 0.496. The number of ether oxygens (including phenoxy) is 2. The van der Waals surface area contributed by atoms with Gasteiger partial charge in [-0.2, -0.15) is 4.31 Å². The Morgan fingerprint density at radius 2 is 1.82 bits per heavy atom. The third-order valence-corrected chi connectivity index (χ3v) is 7.78. The Hall–Kier alpha value is -2.89. The summed E-state index contributed by atoms with van der Waals surface area (Å²) in [5, 5.41) is 0. The number of rotatable bonds is 8. The molecule has 0 radical (unpaired) electrons. The summed E-state index contributed by atoms with van der Waals surface area (Å²) in [6.45, 7) is 6.11. The van der Waals surface area contributed by atoms with Gasteiger partial charge in [-0.3, -0.25) is 13.9 Å². The average molecular weight is 491 g/mol. The second kappa shape index (κ2) is 9.77. The van der Waals surface area contributed by atoms with Gasteiger partial charge in [0.15, 0.2) is 0 Å². The topological polar surface area (TPSA) is 116 Å². The first-order valence-electron chi connectivity index (χ1n) is 11.5. The van der Waals surface area contributed by atoms with Crippen LogP contribution in [-0.2, 0) is 28.4 Å². The van der Waals surface area contributed by atoms with E-state index in [-0.39, 0.29) is 23.5 Å². The number of hydrogen-bond donors (Lipinski definition) is 1. The molecule has 184 valence electrons. The van der Waals surface area contributed by atoms with Gasteiger partial charge in [0.25, 0.3) is 5.56 Å². The molecule has 1 aromatic carbocycles. The number of sulfonamides is 1. The largest absolute Gasteiger partial charge is 0.493 e. The van der Waals surface area contributed by atoms with Gasteiger partial charge >= 0.3 is 5.69 Å². The minimum atomic E-state index is -3.74. The lowest BCUT2D eigenvalue weighted by Gasteiger charge is -2.26. The summed E-state index contributed by atoms with van der Waals surface area (Å²) in [6, 6.07) is 6.45. The number of fused-ring (bicyclic) bond motifs is 1. The van der Waals surface area contributed by atoms with Crippen LogP contribution in [0.15, 0.2) is 38.8 Å². The van der Waals surface area contributed by atoms with Gasteiger partial charge in [-0.25, -0.2) is 13.2 Å². The lowest BCUT2D eigenvalue weighted by atomic mass is 10.1. The average Bonchev–Trinajstić information content (AvgIpc) is 3.29. The van der Waals surface area contributed by atoms with Gasteiger partial charge in [-0.1, -0.05) is 13.8 Å². The van der Waals surface area contributed by atoms with Crippen LogP contribution in [0.3, 0.4) is 0 Å². The maximum atomic E-state index is 13.3. The minimum absolute atomic E-state index is 0.130. The fourth-order valence-electron chi connectivity index (χ4n) is 4.10. The minimum Gasteiger partial charge on any atom is -0.493 e. The molecule has 4 rings (SSSR count). The Morgan fingerprint density at radius 1 is 1.09 bits per heavy atom. The fourth-order valence-corrected chi connectivity index (χ4v) is 5.53. The lowest BCUT2D eigenvalue weighted by molar-refractivity contribution is 0.0730. The fraction of sp³-hybridized carbons (Fsp3) is 0.478. The molecule has 0 atom stereocenters. The van der Waals surface area contributed by atoms with E-state index in [1.807, 2.05) is 13.8 Å². The molecule has 1 saturated heterocycles. The van der Waals surface area contributed by atoms with Crippen LogP contribution in [0.4, 0.5) is 0 Å². The number of aromatic nitrogens is 3. The van der Waals surface area contributed by atoms with Crippen LogP contribution >= 0.6 is 0 Å². The Morgan fingerprint density at radius 3 is 2.50 bits per heavy atom. The summed E-state index contributed by atoms with van der Waals surface area (Å²) < 4.78 is 41.8. The first-order valence-corrected chi connectivity index (χ1v) is 12.9. The quantitative estimate of drug-likeness (QED) is 0.516. The van der Waals surface area contributed by atoms with Gasteiger partial charge in [0, 0.05) is 32.2 Å². The number of hydrogen-bond acceptors (Lipinski definition) is 6. The van der Waals surface area contributed by atoms with Crippen LogP contribution in [0.5, 0.6) is 5.75 Å². The van der Waals surface area contributed by atoms with Crippen molar-refractivity contribution in [3.63, 3.8) is 0 Å². The molecular weight excluding hydrogens is 460 g/mol. The van der Waals surface area contributed by atoms with Crippen molar-refractivity contribution in [3.8, 4) is 17.0 Å². The molecule has 34 heavy (non-hydrogen) atoms. The van der Waals surface area contributed by atoms with Gasteiger partial charge in [0.1, 0.15) is 11.3 Å². The Bertz CT molecular complexity index is 1410. The Labute approximate surface area is 197 Å². The number of morpholine rings is 1. The highest BCUT2D eigenvalue weighted by molar-refractivity contribution is 7.89. The van der Waals surface area contributed by atoms with Gasteiger partial charge in [-0.15, -0.1) is 0 Å². The van der Waals surface area contributed by atoms with E-state index in [2.05, 4.69) is 4.98 Å². The summed E-state index contributed by atoms with van der Waals surface area (Å²) >= 11 is 0. The number of aryl methyl sites for hydroxylation is 1. The second-order valence-corrected chi connectivity index (χ2v) is 10.2. The molecule has 3 aromatic rings. The molecule has 2 aromatic heterocycles. The molecule has 0 aliphatic carbocycles. The van der Waals surface area contributed by atoms with Gasteiger partial charge in [0.2, 0.25) is 10.0 Å². The molecule has 0 saturated carbocycles. The van der Waals surface area contributed by atoms with E-state index < -0.39 is 21.3 Å². The zero-order chi connectivity index (χ0) is 24.5. The number of benzene rings is 1. The van der Waals surface area contributed by atoms with E-state index in [4.69, 9.17) is 9.47 Å². The molecule has 1 aliphatic heterocycles. The van der Waals surface area contributed by atoms with Crippen LogP contribution in [0.1, 0.15) is 26.7 Å². The highest BCUT2D eigenvalue weighted by Crippen LogP contribution is 2.34. The standard InChI is InChI=1S/C23H30N4O6S/c1-4-8-27-19-15-18(24-21(19)22(28)25(3)23(27)29)17-14-16(6-7-20(17)33-11-5-2)34(30,31)26-9-12-32-13-10-26/h6-7,14-15,24H,4-5,8-13H2,1-3H3.